The van der Waals surface area contributed by atoms with Crippen LogP contribution in [0.15, 0.2) is 176 Å². The van der Waals surface area contributed by atoms with Crippen LogP contribution >= 0.6 is 11.3 Å². The molecule has 0 fully saturated rings. The molecule has 0 N–H and O–H groups in total. The summed E-state index contributed by atoms with van der Waals surface area (Å²) in [6.07, 6.45) is 0. The second kappa shape index (κ2) is 11.2. The Morgan fingerprint density at radius 2 is 0.964 bits per heavy atom. The maximum Gasteiger partial charge on any atom is 0.165 e. The van der Waals surface area contributed by atoms with Gasteiger partial charge in [-0.3, -0.25) is 4.57 Å². The lowest BCUT2D eigenvalue weighted by atomic mass is 9.91. The summed E-state index contributed by atoms with van der Waals surface area (Å²) in [5, 5.41) is 17.1. The largest absolute Gasteiger partial charge is 0.291 e. The summed E-state index contributed by atoms with van der Waals surface area (Å²) in [4.78, 5) is 11.5. The van der Waals surface area contributed by atoms with Gasteiger partial charge in [0.2, 0.25) is 0 Å². The highest BCUT2D eigenvalue weighted by molar-refractivity contribution is 7.25. The number of benzene rings is 10. The van der Waals surface area contributed by atoms with Gasteiger partial charge in [-0.2, -0.15) is 0 Å². The molecule has 56 heavy (non-hydrogen) atoms. The molecule has 0 bridgehead atoms. The fourth-order valence-electron chi connectivity index (χ4n) is 9.57. The Bertz CT molecular complexity index is 3800. The summed E-state index contributed by atoms with van der Waals surface area (Å²) >= 11 is 1.84. The lowest BCUT2D eigenvalue weighted by molar-refractivity contribution is 1.09. The van der Waals surface area contributed by atoms with Crippen LogP contribution in [0.1, 0.15) is 0 Å². The van der Waals surface area contributed by atoms with Crippen molar-refractivity contribution in [2.75, 3.05) is 0 Å². The molecule has 13 rings (SSSR count). The summed E-state index contributed by atoms with van der Waals surface area (Å²) in [7, 11) is 0. The number of hydrogen-bond donors (Lipinski definition) is 0. The molecule has 0 radical (unpaired) electrons. The fourth-order valence-corrected chi connectivity index (χ4v) is 10.7. The molecule has 0 aliphatic carbocycles. The highest BCUT2D eigenvalue weighted by atomic mass is 32.1. The van der Waals surface area contributed by atoms with E-state index in [0.717, 1.165) is 49.9 Å². The Balaban J connectivity index is 1.29. The second-order valence-corrected chi connectivity index (χ2v) is 15.9. The van der Waals surface area contributed by atoms with Crippen LogP contribution in [0.3, 0.4) is 0 Å². The normalized spacial score (nSPS) is 12.3. The van der Waals surface area contributed by atoms with Gasteiger partial charge in [-0.1, -0.05) is 152 Å². The molecule has 258 valence electrons. The third-order valence-corrected chi connectivity index (χ3v) is 13.1. The van der Waals surface area contributed by atoms with E-state index < -0.39 is 0 Å². The zero-order valence-electron chi connectivity index (χ0n) is 30.0. The van der Waals surface area contributed by atoms with E-state index in [0.29, 0.717) is 0 Å². The van der Waals surface area contributed by atoms with Gasteiger partial charge >= 0.3 is 0 Å². The molecule has 0 saturated heterocycles. The Hall–Kier alpha value is -7.14. The molecule has 0 atom stereocenters. The summed E-state index contributed by atoms with van der Waals surface area (Å²) in [6.45, 7) is 0. The molecule has 0 saturated carbocycles. The number of hydrogen-bond acceptors (Lipinski definition) is 3. The molecule has 10 aromatic carbocycles. The predicted molar refractivity (Wildman–Crippen MR) is 240 cm³/mol. The molecule has 3 aromatic heterocycles. The molecule has 0 spiro atoms. The van der Waals surface area contributed by atoms with Gasteiger partial charge in [-0.15, -0.1) is 11.3 Å². The van der Waals surface area contributed by atoms with Gasteiger partial charge < -0.3 is 0 Å². The standard InChI is InChI=1S/C52H29N3S/c1-3-14-32-30(12-1)25-28-42-49(32)54-50(40-21-11-23-45-46(40)39-20-9-10-22-44(39)56-45)52(53-42)55-43-29-27-38-36-18-6-5-16-34(36)35-17-7-8-19-37(35)47(38)48(43)41-26-24-31-13-2-4-15-33(31)51(41)55/h1-29H. The maximum absolute atomic E-state index is 5.73. The average Bonchev–Trinajstić information content (AvgIpc) is 3.82. The molecule has 0 aliphatic rings. The minimum Gasteiger partial charge on any atom is -0.291 e. The maximum atomic E-state index is 5.73. The lowest BCUT2D eigenvalue weighted by Gasteiger charge is -2.16. The fraction of sp³-hybridized carbons (Fsp3) is 0. The van der Waals surface area contributed by atoms with E-state index in [1.165, 1.54) is 74.0 Å². The highest BCUT2D eigenvalue weighted by Crippen LogP contribution is 2.47. The minimum atomic E-state index is 0.830. The first-order valence-corrected chi connectivity index (χ1v) is 19.9. The van der Waals surface area contributed by atoms with Crippen LogP contribution in [-0.4, -0.2) is 14.5 Å². The van der Waals surface area contributed by atoms with Gasteiger partial charge in [-0.25, -0.2) is 9.97 Å². The average molecular weight is 728 g/mol. The molecule has 4 heteroatoms. The smallest absolute Gasteiger partial charge is 0.165 e. The molecule has 0 unspecified atom stereocenters. The molecular weight excluding hydrogens is 699 g/mol. The Kier molecular flexibility index (Phi) is 6.04. The van der Waals surface area contributed by atoms with Crippen LogP contribution in [-0.2, 0) is 0 Å². The SMILES string of the molecule is c1ccc2c(c1)ccc1nc(-n3c4ccc5c6ccccc6c6ccccc6c5c4c4ccc5ccccc5c43)c(-c3cccc4sc5ccccc5c34)nc12. The summed E-state index contributed by atoms with van der Waals surface area (Å²) in [5.41, 5.74) is 6.00. The molecule has 3 heterocycles. The van der Waals surface area contributed by atoms with Crippen LogP contribution in [0.2, 0.25) is 0 Å². The van der Waals surface area contributed by atoms with Gasteiger partial charge in [0.25, 0.3) is 0 Å². The van der Waals surface area contributed by atoms with Gasteiger partial charge in [0.05, 0.1) is 22.1 Å². The van der Waals surface area contributed by atoms with Crippen LogP contribution in [0.4, 0.5) is 0 Å². The highest BCUT2D eigenvalue weighted by Gasteiger charge is 2.25. The van der Waals surface area contributed by atoms with Crippen molar-refractivity contribution in [3.05, 3.63) is 176 Å². The predicted octanol–water partition coefficient (Wildman–Crippen LogP) is 14.5. The number of nitrogens with zero attached hydrogens (tertiary/aromatic N) is 3. The first-order chi connectivity index (χ1) is 27.8. The molecule has 0 aliphatic heterocycles. The van der Waals surface area contributed by atoms with Crippen molar-refractivity contribution in [1.82, 2.24) is 14.5 Å². The van der Waals surface area contributed by atoms with Crippen molar-refractivity contribution >= 4 is 118 Å². The second-order valence-electron chi connectivity index (χ2n) is 14.8. The van der Waals surface area contributed by atoms with E-state index in [4.69, 9.17) is 9.97 Å². The summed E-state index contributed by atoms with van der Waals surface area (Å²) in [6, 6.07) is 64.0. The van der Waals surface area contributed by atoms with Crippen LogP contribution in [0, 0.1) is 0 Å². The Labute approximate surface area is 324 Å². The third-order valence-electron chi connectivity index (χ3n) is 11.9. The van der Waals surface area contributed by atoms with E-state index in [1.807, 2.05) is 11.3 Å². The number of fused-ring (bicyclic) bond motifs is 18. The molecular formula is C52H29N3S. The lowest BCUT2D eigenvalue weighted by Crippen LogP contribution is -2.04. The third kappa shape index (κ3) is 4.01. The van der Waals surface area contributed by atoms with E-state index in [2.05, 4.69) is 180 Å². The van der Waals surface area contributed by atoms with Gasteiger partial charge in [0, 0.05) is 52.7 Å². The quantitative estimate of drug-likeness (QED) is 0.166. The van der Waals surface area contributed by atoms with Crippen LogP contribution in [0.5, 0.6) is 0 Å². The van der Waals surface area contributed by atoms with Gasteiger partial charge in [0.1, 0.15) is 5.69 Å². The van der Waals surface area contributed by atoms with Crippen LogP contribution in [0.25, 0.3) is 124 Å². The van der Waals surface area contributed by atoms with Crippen molar-refractivity contribution in [2.45, 2.75) is 0 Å². The molecule has 0 amide bonds. The van der Waals surface area contributed by atoms with Gasteiger partial charge in [-0.05, 0) is 62.0 Å². The minimum absolute atomic E-state index is 0.830. The van der Waals surface area contributed by atoms with Crippen molar-refractivity contribution in [3.63, 3.8) is 0 Å². The van der Waals surface area contributed by atoms with Crippen molar-refractivity contribution < 1.29 is 0 Å². The number of thiophene rings is 1. The topological polar surface area (TPSA) is 30.7 Å². The van der Waals surface area contributed by atoms with Gasteiger partial charge in [0.15, 0.2) is 5.82 Å². The molecule has 13 aromatic rings. The summed E-state index contributed by atoms with van der Waals surface area (Å²) < 4.78 is 4.94. The zero-order valence-corrected chi connectivity index (χ0v) is 30.8. The van der Waals surface area contributed by atoms with E-state index in [9.17, 15) is 0 Å². The van der Waals surface area contributed by atoms with Crippen molar-refractivity contribution in [3.8, 4) is 17.1 Å². The first-order valence-electron chi connectivity index (χ1n) is 19.1. The van der Waals surface area contributed by atoms with E-state index >= 15 is 0 Å². The number of aromatic nitrogens is 3. The van der Waals surface area contributed by atoms with Crippen molar-refractivity contribution in [2.24, 2.45) is 0 Å². The monoisotopic (exact) mass is 727 g/mol. The van der Waals surface area contributed by atoms with Crippen molar-refractivity contribution in [1.29, 1.82) is 0 Å². The Morgan fingerprint density at radius 3 is 1.77 bits per heavy atom. The first kappa shape index (κ1) is 30.2. The zero-order chi connectivity index (χ0) is 36.5. The van der Waals surface area contributed by atoms with Crippen LogP contribution < -0.4 is 0 Å². The number of rotatable bonds is 2. The molecule has 3 nitrogen and oxygen atoms in total. The summed E-state index contributed by atoms with van der Waals surface area (Å²) in [5.74, 6) is 0.830. The Morgan fingerprint density at radius 1 is 0.375 bits per heavy atom. The van der Waals surface area contributed by atoms with E-state index in [1.54, 1.807) is 0 Å². The van der Waals surface area contributed by atoms with E-state index in [-0.39, 0.29) is 0 Å².